The zero-order valence-electron chi connectivity index (χ0n) is 16.0. The van der Waals surface area contributed by atoms with Gasteiger partial charge >= 0.3 is 12.4 Å². The summed E-state index contributed by atoms with van der Waals surface area (Å²) in [7, 11) is 0. The maximum Gasteiger partial charge on any atom is 0.573 e. The van der Waals surface area contributed by atoms with Gasteiger partial charge in [-0.3, -0.25) is 4.90 Å². The minimum absolute atomic E-state index is 0.132. The van der Waals surface area contributed by atoms with Crippen molar-refractivity contribution < 1.29 is 27.1 Å². The highest BCUT2D eigenvalue weighted by atomic mass is 19.4. The number of benzene rings is 1. The fourth-order valence-corrected chi connectivity index (χ4v) is 4.39. The largest absolute Gasteiger partial charge is 0.573 e. The number of rotatable bonds is 5. The SMILES string of the molecule is CC1(CN(C(N)=O)c2ccc(OC(F)(F)F)cn2)CC(C)(c2cccc(F)c2)C1. The van der Waals surface area contributed by atoms with Gasteiger partial charge in [-0.05, 0) is 53.5 Å². The average molecular weight is 411 g/mol. The molecule has 0 saturated heterocycles. The van der Waals surface area contributed by atoms with Crippen LogP contribution in [-0.4, -0.2) is 23.9 Å². The molecule has 2 aromatic rings. The lowest BCUT2D eigenvalue weighted by Gasteiger charge is -2.54. The molecule has 2 N–H and O–H groups in total. The summed E-state index contributed by atoms with van der Waals surface area (Å²) in [5.41, 5.74) is 5.82. The molecule has 29 heavy (non-hydrogen) atoms. The fraction of sp³-hybridized carbons (Fsp3) is 0.400. The van der Waals surface area contributed by atoms with Crippen LogP contribution in [0.4, 0.5) is 28.2 Å². The minimum atomic E-state index is -4.83. The highest BCUT2D eigenvalue weighted by Gasteiger charge is 2.50. The van der Waals surface area contributed by atoms with Gasteiger partial charge in [-0.1, -0.05) is 26.0 Å². The number of aromatic nitrogens is 1. The monoisotopic (exact) mass is 411 g/mol. The van der Waals surface area contributed by atoms with Crippen LogP contribution in [0.25, 0.3) is 0 Å². The molecule has 1 saturated carbocycles. The molecule has 3 rings (SSSR count). The number of carbonyl (C=O) groups excluding carboxylic acids is 1. The molecule has 1 fully saturated rings. The summed E-state index contributed by atoms with van der Waals surface area (Å²) in [6, 6.07) is 7.99. The van der Waals surface area contributed by atoms with E-state index in [2.05, 4.69) is 9.72 Å². The number of hydrogen-bond acceptors (Lipinski definition) is 3. The van der Waals surface area contributed by atoms with Gasteiger partial charge in [0.2, 0.25) is 0 Å². The lowest BCUT2D eigenvalue weighted by Crippen LogP contribution is -2.54. The molecule has 0 radical (unpaired) electrons. The molecule has 156 valence electrons. The van der Waals surface area contributed by atoms with Gasteiger partial charge < -0.3 is 10.5 Å². The molecule has 0 unspecified atom stereocenters. The van der Waals surface area contributed by atoms with Crippen LogP contribution in [0.3, 0.4) is 0 Å². The Balaban J connectivity index is 1.72. The van der Waals surface area contributed by atoms with Gasteiger partial charge in [-0.15, -0.1) is 13.2 Å². The Morgan fingerprint density at radius 2 is 1.93 bits per heavy atom. The number of carbonyl (C=O) groups is 1. The smallest absolute Gasteiger partial charge is 0.404 e. The molecule has 0 aliphatic heterocycles. The first-order valence-electron chi connectivity index (χ1n) is 8.94. The van der Waals surface area contributed by atoms with E-state index in [0.717, 1.165) is 17.8 Å². The number of primary amides is 1. The van der Waals surface area contributed by atoms with E-state index in [1.54, 1.807) is 6.07 Å². The third kappa shape index (κ3) is 4.78. The molecule has 2 amide bonds. The molecule has 5 nitrogen and oxygen atoms in total. The van der Waals surface area contributed by atoms with Gasteiger partial charge in [-0.25, -0.2) is 14.2 Å². The predicted molar refractivity (Wildman–Crippen MR) is 98.9 cm³/mol. The second kappa shape index (κ2) is 7.20. The fourth-order valence-electron chi connectivity index (χ4n) is 4.39. The van der Waals surface area contributed by atoms with E-state index in [0.29, 0.717) is 12.8 Å². The van der Waals surface area contributed by atoms with Gasteiger partial charge in [0.1, 0.15) is 17.4 Å². The first-order valence-corrected chi connectivity index (χ1v) is 8.94. The number of nitrogens with two attached hydrogens (primary N) is 1. The zero-order valence-corrected chi connectivity index (χ0v) is 16.0. The van der Waals surface area contributed by atoms with Crippen molar-refractivity contribution in [3.8, 4) is 5.75 Å². The number of urea groups is 1. The number of hydrogen-bond donors (Lipinski definition) is 1. The molecule has 1 aromatic carbocycles. The molecule has 1 heterocycles. The van der Waals surface area contributed by atoms with Crippen LogP contribution >= 0.6 is 0 Å². The first-order chi connectivity index (χ1) is 13.4. The van der Waals surface area contributed by atoms with Gasteiger partial charge in [0.15, 0.2) is 0 Å². The third-order valence-corrected chi connectivity index (χ3v) is 5.19. The van der Waals surface area contributed by atoms with Crippen LogP contribution < -0.4 is 15.4 Å². The summed E-state index contributed by atoms with van der Waals surface area (Å²) in [5.74, 6) is -0.659. The molecular weight excluding hydrogens is 390 g/mol. The van der Waals surface area contributed by atoms with Crippen LogP contribution in [0.15, 0.2) is 42.6 Å². The van der Waals surface area contributed by atoms with Crippen LogP contribution in [0, 0.1) is 11.2 Å². The van der Waals surface area contributed by atoms with Crippen molar-refractivity contribution in [3.63, 3.8) is 0 Å². The Bertz CT molecular complexity index is 893. The van der Waals surface area contributed by atoms with Crippen molar-refractivity contribution in [1.82, 2.24) is 4.98 Å². The van der Waals surface area contributed by atoms with Crippen molar-refractivity contribution in [3.05, 3.63) is 54.0 Å². The minimum Gasteiger partial charge on any atom is -0.404 e. The summed E-state index contributed by atoms with van der Waals surface area (Å²) < 4.78 is 54.2. The van der Waals surface area contributed by atoms with Crippen LogP contribution in [0.2, 0.25) is 0 Å². The highest BCUT2D eigenvalue weighted by Crippen LogP contribution is 2.55. The van der Waals surface area contributed by atoms with Gasteiger partial charge in [0, 0.05) is 6.54 Å². The summed E-state index contributed by atoms with van der Waals surface area (Å²) >= 11 is 0. The van der Waals surface area contributed by atoms with E-state index in [-0.39, 0.29) is 29.0 Å². The highest BCUT2D eigenvalue weighted by molar-refractivity contribution is 5.89. The molecule has 1 aliphatic rings. The van der Waals surface area contributed by atoms with Gasteiger partial charge in [0.05, 0.1) is 6.20 Å². The van der Waals surface area contributed by atoms with Crippen molar-refractivity contribution in [1.29, 1.82) is 0 Å². The maximum atomic E-state index is 13.6. The van der Waals surface area contributed by atoms with Crippen LogP contribution in [0.1, 0.15) is 32.3 Å². The second-order valence-corrected chi connectivity index (χ2v) is 8.06. The van der Waals surface area contributed by atoms with E-state index in [4.69, 9.17) is 5.73 Å². The number of ether oxygens (including phenoxy) is 1. The lowest BCUT2D eigenvalue weighted by molar-refractivity contribution is -0.274. The molecule has 0 spiro atoms. The Kier molecular flexibility index (Phi) is 5.19. The Morgan fingerprint density at radius 1 is 1.24 bits per heavy atom. The molecule has 9 heteroatoms. The maximum absolute atomic E-state index is 13.6. The lowest BCUT2D eigenvalue weighted by atomic mass is 9.52. The number of pyridine rings is 1. The summed E-state index contributed by atoms with van der Waals surface area (Å²) in [6.07, 6.45) is -2.57. The normalized spacial score (nSPS) is 23.9. The quantitative estimate of drug-likeness (QED) is 0.721. The van der Waals surface area contributed by atoms with Crippen molar-refractivity contribution in [2.45, 2.75) is 38.5 Å². The van der Waals surface area contributed by atoms with E-state index in [1.807, 2.05) is 19.9 Å². The molecule has 1 aromatic heterocycles. The topological polar surface area (TPSA) is 68.5 Å². The second-order valence-electron chi connectivity index (χ2n) is 8.06. The van der Waals surface area contributed by atoms with E-state index < -0.39 is 18.1 Å². The van der Waals surface area contributed by atoms with Crippen molar-refractivity contribution in [2.75, 3.05) is 11.4 Å². The first kappa shape index (κ1) is 20.9. The zero-order chi connectivity index (χ0) is 21.4. The van der Waals surface area contributed by atoms with Crippen LogP contribution in [0.5, 0.6) is 5.75 Å². The molecule has 1 aliphatic carbocycles. The predicted octanol–water partition coefficient (Wildman–Crippen LogP) is 4.76. The average Bonchev–Trinajstić information content (AvgIpc) is 2.58. The Hall–Kier alpha value is -2.84. The summed E-state index contributed by atoms with van der Waals surface area (Å²) in [6.45, 7) is 4.24. The van der Waals surface area contributed by atoms with Gasteiger partial charge in [0.25, 0.3) is 0 Å². The number of alkyl halides is 3. The number of anilines is 1. The Labute approximate surface area is 165 Å². The number of nitrogens with zero attached hydrogens (tertiary/aromatic N) is 2. The van der Waals surface area contributed by atoms with Crippen LogP contribution in [-0.2, 0) is 5.41 Å². The molecule has 0 bridgehead atoms. The van der Waals surface area contributed by atoms with E-state index in [9.17, 15) is 22.4 Å². The number of amides is 2. The Morgan fingerprint density at radius 3 is 2.45 bits per heavy atom. The molecular formula is C20H21F4N3O2. The van der Waals surface area contributed by atoms with E-state index >= 15 is 0 Å². The van der Waals surface area contributed by atoms with E-state index in [1.165, 1.54) is 23.1 Å². The standard InChI is InChI=1S/C20H21F4N3O2/c1-18(10-19(2,11-18)13-4-3-5-14(21)8-13)12-27(17(25)28)16-7-6-15(9-26-16)29-20(22,23)24/h3-9H,10-12H2,1-2H3,(H2,25,28). The number of halogens is 4. The van der Waals surface area contributed by atoms with Crippen molar-refractivity contribution >= 4 is 11.8 Å². The summed E-state index contributed by atoms with van der Waals surface area (Å²) in [4.78, 5) is 17.1. The summed E-state index contributed by atoms with van der Waals surface area (Å²) in [5, 5.41) is 0. The third-order valence-electron chi connectivity index (χ3n) is 5.19. The van der Waals surface area contributed by atoms with Gasteiger partial charge in [-0.2, -0.15) is 0 Å². The molecule has 0 atom stereocenters. The van der Waals surface area contributed by atoms with Crippen molar-refractivity contribution in [2.24, 2.45) is 11.1 Å².